The van der Waals surface area contributed by atoms with Crippen LogP contribution in [0.25, 0.3) is 22.2 Å². The Labute approximate surface area is 152 Å². The van der Waals surface area contributed by atoms with Crippen molar-refractivity contribution in [2.75, 3.05) is 12.8 Å². The van der Waals surface area contributed by atoms with Crippen LogP contribution < -0.4 is 5.73 Å². The maximum absolute atomic E-state index is 6.20. The molecule has 0 bridgehead atoms. The van der Waals surface area contributed by atoms with Crippen molar-refractivity contribution in [3.63, 3.8) is 0 Å². The van der Waals surface area contributed by atoms with E-state index in [0.29, 0.717) is 5.02 Å². The second kappa shape index (κ2) is 6.36. The third-order valence-corrected chi connectivity index (χ3v) is 5.56. The zero-order chi connectivity index (χ0) is 17.4. The number of hydrogen-bond donors (Lipinski definition) is 2. The van der Waals surface area contributed by atoms with Gasteiger partial charge < -0.3 is 10.5 Å². The van der Waals surface area contributed by atoms with Crippen LogP contribution >= 0.6 is 11.6 Å². The van der Waals surface area contributed by atoms with Crippen molar-refractivity contribution in [3.05, 3.63) is 47.0 Å². The number of ether oxygens (including phenoxy) is 1. The molecule has 0 unspecified atom stereocenters. The van der Waals surface area contributed by atoms with Crippen molar-refractivity contribution in [1.29, 1.82) is 0 Å². The first-order chi connectivity index (χ1) is 12.1. The minimum absolute atomic E-state index is 0.303. The first kappa shape index (κ1) is 16.4. The van der Waals surface area contributed by atoms with Gasteiger partial charge in [0.25, 0.3) is 0 Å². The third kappa shape index (κ3) is 2.79. The average Bonchev–Trinajstić information content (AvgIpc) is 3.05. The number of methoxy groups -OCH3 is 1. The third-order valence-electron chi connectivity index (χ3n) is 5.33. The van der Waals surface area contributed by atoms with Crippen LogP contribution in [-0.2, 0) is 10.3 Å². The van der Waals surface area contributed by atoms with E-state index in [0.717, 1.165) is 59.1 Å². The largest absolute Gasteiger partial charge is 0.399 e. The molecule has 1 fully saturated rings. The number of aromatic amines is 1. The zero-order valence-electron chi connectivity index (χ0n) is 14.3. The second-order valence-electron chi connectivity index (χ2n) is 6.83. The summed E-state index contributed by atoms with van der Waals surface area (Å²) < 4.78 is 6.09. The molecule has 0 saturated heterocycles. The fourth-order valence-corrected chi connectivity index (χ4v) is 4.28. The van der Waals surface area contributed by atoms with E-state index >= 15 is 0 Å². The quantitative estimate of drug-likeness (QED) is 0.629. The fourth-order valence-electron chi connectivity index (χ4n) is 4.09. The predicted molar refractivity (Wildman–Crippen MR) is 103 cm³/mol. The normalized spacial score (nSPS) is 17.0. The number of H-pyrrole nitrogens is 1. The molecule has 4 rings (SSSR count). The van der Waals surface area contributed by atoms with Gasteiger partial charge in [0.1, 0.15) is 5.69 Å². The minimum atomic E-state index is -0.303. The number of fused-ring (bicyclic) bond motifs is 1. The number of hydrogen-bond acceptors (Lipinski definition) is 3. The molecule has 4 nitrogen and oxygen atoms in total. The zero-order valence-corrected chi connectivity index (χ0v) is 15.1. The van der Waals surface area contributed by atoms with Crippen LogP contribution in [-0.4, -0.2) is 17.3 Å². The van der Waals surface area contributed by atoms with E-state index in [4.69, 9.17) is 22.1 Å². The molecule has 3 aromatic rings. The first-order valence-corrected chi connectivity index (χ1v) is 9.10. The lowest BCUT2D eigenvalue weighted by Crippen LogP contribution is -2.31. The molecule has 0 aliphatic heterocycles. The molecule has 1 aliphatic rings. The van der Waals surface area contributed by atoms with E-state index in [1.165, 1.54) is 6.42 Å². The Morgan fingerprint density at radius 2 is 1.96 bits per heavy atom. The van der Waals surface area contributed by atoms with E-state index in [9.17, 15) is 0 Å². The number of benzene rings is 2. The highest BCUT2D eigenvalue weighted by Gasteiger charge is 2.36. The van der Waals surface area contributed by atoms with Gasteiger partial charge in [-0.1, -0.05) is 43.0 Å². The maximum atomic E-state index is 6.20. The topological polar surface area (TPSA) is 63.9 Å². The molecule has 3 N–H and O–H groups in total. The maximum Gasteiger partial charge on any atom is 0.100 e. The number of rotatable bonds is 3. The smallest absolute Gasteiger partial charge is 0.100 e. The van der Waals surface area contributed by atoms with Gasteiger partial charge in [0.15, 0.2) is 0 Å². The Morgan fingerprint density at radius 3 is 2.68 bits per heavy atom. The summed E-state index contributed by atoms with van der Waals surface area (Å²) in [7, 11) is 1.81. The van der Waals surface area contributed by atoms with Crippen molar-refractivity contribution < 1.29 is 4.74 Å². The number of anilines is 1. The molecule has 0 amide bonds. The lowest BCUT2D eigenvalue weighted by Gasteiger charge is -2.37. The van der Waals surface area contributed by atoms with E-state index in [1.54, 1.807) is 7.11 Å². The molecule has 2 aromatic carbocycles. The number of halogens is 1. The number of aromatic nitrogens is 2. The summed E-state index contributed by atoms with van der Waals surface area (Å²) >= 11 is 6.20. The Morgan fingerprint density at radius 1 is 1.16 bits per heavy atom. The van der Waals surface area contributed by atoms with Gasteiger partial charge in [-0.15, -0.1) is 0 Å². The molecular formula is C20H22ClN3O. The van der Waals surface area contributed by atoms with Crippen LogP contribution in [0, 0.1) is 0 Å². The van der Waals surface area contributed by atoms with E-state index in [2.05, 4.69) is 16.3 Å². The summed E-state index contributed by atoms with van der Waals surface area (Å²) in [5.41, 5.74) is 10.6. The van der Waals surface area contributed by atoms with E-state index in [-0.39, 0.29) is 5.60 Å². The van der Waals surface area contributed by atoms with Crippen LogP contribution in [0.15, 0.2) is 36.4 Å². The van der Waals surface area contributed by atoms with Gasteiger partial charge in [-0.3, -0.25) is 5.10 Å². The highest BCUT2D eigenvalue weighted by Crippen LogP contribution is 2.45. The Hall–Kier alpha value is -2.04. The molecule has 0 atom stereocenters. The number of nitrogens with one attached hydrogen (secondary N) is 1. The van der Waals surface area contributed by atoms with Crippen LogP contribution in [0.5, 0.6) is 0 Å². The highest BCUT2D eigenvalue weighted by atomic mass is 35.5. The summed E-state index contributed by atoms with van der Waals surface area (Å²) in [6.07, 6.45) is 5.58. The second-order valence-corrected chi connectivity index (χ2v) is 7.27. The standard InChI is InChI=1S/C20H22ClN3O/c1-25-20(8-3-2-4-9-20)16-11-15(22)12-17-18(16)19(24-23-17)13-6-5-7-14(21)10-13/h5-7,10-12H,2-4,8-9,22H2,1H3,(H,23,24). The van der Waals surface area contributed by atoms with Gasteiger partial charge in [-0.2, -0.15) is 5.10 Å². The fraction of sp³-hybridized carbons (Fsp3) is 0.350. The summed E-state index contributed by atoms with van der Waals surface area (Å²) in [5, 5.41) is 9.50. The lowest BCUT2D eigenvalue weighted by molar-refractivity contribution is -0.0432. The van der Waals surface area contributed by atoms with Crippen LogP contribution in [0.3, 0.4) is 0 Å². The van der Waals surface area contributed by atoms with Crippen molar-refractivity contribution in [2.45, 2.75) is 37.7 Å². The van der Waals surface area contributed by atoms with Crippen molar-refractivity contribution in [1.82, 2.24) is 10.2 Å². The van der Waals surface area contributed by atoms with Gasteiger partial charge >= 0.3 is 0 Å². The summed E-state index contributed by atoms with van der Waals surface area (Å²) in [5.74, 6) is 0. The van der Waals surface area contributed by atoms with Gasteiger partial charge in [-0.25, -0.2) is 0 Å². The summed E-state index contributed by atoms with van der Waals surface area (Å²) in [6, 6.07) is 11.8. The van der Waals surface area contributed by atoms with Crippen LogP contribution in [0.1, 0.15) is 37.7 Å². The van der Waals surface area contributed by atoms with Gasteiger partial charge in [0, 0.05) is 28.8 Å². The van der Waals surface area contributed by atoms with Crippen molar-refractivity contribution in [2.24, 2.45) is 0 Å². The predicted octanol–water partition coefficient (Wildman–Crippen LogP) is 5.27. The SMILES string of the molecule is COC1(c2cc(N)cc3[nH]nc(-c4cccc(Cl)c4)c23)CCCCC1. The monoisotopic (exact) mass is 355 g/mol. The molecule has 1 aliphatic carbocycles. The molecule has 25 heavy (non-hydrogen) atoms. The molecule has 130 valence electrons. The number of nitrogens with two attached hydrogens (primary N) is 1. The minimum Gasteiger partial charge on any atom is -0.399 e. The van der Waals surface area contributed by atoms with Crippen molar-refractivity contribution in [3.8, 4) is 11.3 Å². The Kier molecular flexibility index (Phi) is 4.18. The lowest BCUT2D eigenvalue weighted by atomic mass is 9.77. The molecule has 1 heterocycles. The highest BCUT2D eigenvalue weighted by molar-refractivity contribution is 6.30. The van der Waals surface area contributed by atoms with Crippen molar-refractivity contribution >= 4 is 28.2 Å². The van der Waals surface area contributed by atoms with Crippen LogP contribution in [0.2, 0.25) is 5.02 Å². The van der Waals surface area contributed by atoms with Gasteiger partial charge in [0.05, 0.1) is 11.1 Å². The summed E-state index contributed by atoms with van der Waals surface area (Å²) in [6.45, 7) is 0. The van der Waals surface area contributed by atoms with Gasteiger partial charge in [-0.05, 0) is 42.7 Å². The van der Waals surface area contributed by atoms with Crippen LogP contribution in [0.4, 0.5) is 5.69 Å². The molecule has 1 aromatic heterocycles. The molecular weight excluding hydrogens is 334 g/mol. The van der Waals surface area contributed by atoms with E-state index in [1.807, 2.05) is 30.3 Å². The molecule has 0 spiro atoms. The Balaban J connectivity index is 1.99. The Bertz CT molecular complexity index is 912. The molecule has 1 saturated carbocycles. The molecule has 0 radical (unpaired) electrons. The average molecular weight is 356 g/mol. The van der Waals surface area contributed by atoms with E-state index < -0.39 is 0 Å². The summed E-state index contributed by atoms with van der Waals surface area (Å²) in [4.78, 5) is 0. The molecule has 5 heteroatoms. The number of nitrogen functional groups attached to an aromatic ring is 1. The van der Waals surface area contributed by atoms with Gasteiger partial charge in [0.2, 0.25) is 0 Å². The first-order valence-electron chi connectivity index (χ1n) is 8.72. The number of nitrogens with zero attached hydrogens (tertiary/aromatic N) is 1.